The number of nitriles is 1. The van der Waals surface area contributed by atoms with Crippen molar-refractivity contribution in [1.82, 2.24) is 0 Å². The molecule has 0 radical (unpaired) electrons. The number of Topliss-reactive ketones (excluding diaryl/α,β-unsaturated/α-hetero) is 1. The molecule has 0 aliphatic carbocycles. The Balaban J connectivity index is 2.45. The van der Waals surface area contributed by atoms with Crippen LogP contribution in [0.15, 0.2) is 51.4 Å². The number of hydrogen-bond acceptors (Lipinski definition) is 2. The lowest BCUT2D eigenvalue weighted by atomic mass is 9.92. The van der Waals surface area contributed by atoms with Gasteiger partial charge in [0, 0.05) is 19.5 Å². The Morgan fingerprint density at radius 3 is 2.60 bits per heavy atom. The van der Waals surface area contributed by atoms with Crippen molar-refractivity contribution in [3.05, 3.63) is 67.6 Å². The molecule has 1 unspecified atom stereocenters. The van der Waals surface area contributed by atoms with Crippen LogP contribution in [0.5, 0.6) is 0 Å². The monoisotopic (exact) mass is 411 g/mol. The number of halogens is 3. The Morgan fingerprint density at radius 1 is 1.20 bits per heavy atom. The van der Waals surface area contributed by atoms with Crippen molar-refractivity contribution in [3.63, 3.8) is 0 Å². The van der Waals surface area contributed by atoms with Gasteiger partial charge in [0.2, 0.25) is 0 Å². The van der Waals surface area contributed by atoms with Gasteiger partial charge in [-0.3, -0.25) is 4.79 Å². The maximum Gasteiger partial charge on any atom is 0.185 e. The molecule has 2 aromatic rings. The molecule has 0 aromatic heterocycles. The third-order valence-electron chi connectivity index (χ3n) is 2.77. The van der Waals surface area contributed by atoms with Crippen LogP contribution in [0.2, 0.25) is 5.02 Å². The van der Waals surface area contributed by atoms with E-state index >= 15 is 0 Å². The summed E-state index contributed by atoms with van der Waals surface area (Å²) in [5.41, 5.74) is 1.06. The number of rotatable bonds is 3. The number of nitrogens with zero attached hydrogens (tertiary/aromatic N) is 1. The predicted molar refractivity (Wildman–Crippen MR) is 86.0 cm³/mol. The molecule has 20 heavy (non-hydrogen) atoms. The number of carbonyl (C=O) groups excluding carboxylic acids is 1. The molecule has 0 N–H and O–H groups in total. The lowest BCUT2D eigenvalue weighted by Crippen LogP contribution is -2.12. The Hall–Kier alpha value is -1.15. The molecule has 1 atom stereocenters. The molecule has 5 heteroatoms. The van der Waals surface area contributed by atoms with E-state index in [1.165, 1.54) is 0 Å². The smallest absolute Gasteiger partial charge is 0.185 e. The summed E-state index contributed by atoms with van der Waals surface area (Å²) in [6.45, 7) is 0. The molecule has 2 rings (SSSR count). The minimum atomic E-state index is -0.859. The lowest BCUT2D eigenvalue weighted by Gasteiger charge is -2.10. The number of carbonyl (C=O) groups is 1. The van der Waals surface area contributed by atoms with Gasteiger partial charge >= 0.3 is 0 Å². The van der Waals surface area contributed by atoms with E-state index in [-0.39, 0.29) is 5.78 Å². The van der Waals surface area contributed by atoms with Gasteiger partial charge in [-0.1, -0.05) is 55.6 Å². The van der Waals surface area contributed by atoms with E-state index in [4.69, 9.17) is 11.6 Å². The van der Waals surface area contributed by atoms with E-state index in [2.05, 4.69) is 37.9 Å². The van der Waals surface area contributed by atoms with Crippen molar-refractivity contribution in [3.8, 4) is 6.07 Å². The van der Waals surface area contributed by atoms with Crippen LogP contribution in [0, 0.1) is 11.3 Å². The van der Waals surface area contributed by atoms with Crippen molar-refractivity contribution in [2.24, 2.45) is 0 Å². The first-order chi connectivity index (χ1) is 9.52. The highest BCUT2D eigenvalue weighted by molar-refractivity contribution is 9.10. The van der Waals surface area contributed by atoms with Gasteiger partial charge in [0.05, 0.1) is 6.07 Å². The van der Waals surface area contributed by atoms with Crippen molar-refractivity contribution in [2.45, 2.75) is 5.92 Å². The number of hydrogen-bond donors (Lipinski definition) is 0. The summed E-state index contributed by atoms with van der Waals surface area (Å²) in [4.78, 5) is 12.5. The minimum absolute atomic E-state index is 0.278. The highest BCUT2D eigenvalue weighted by Crippen LogP contribution is 2.28. The zero-order valence-electron chi connectivity index (χ0n) is 10.1. The van der Waals surface area contributed by atoms with E-state index in [0.717, 1.165) is 4.47 Å². The Kier molecular flexibility index (Phi) is 4.98. The van der Waals surface area contributed by atoms with Crippen LogP contribution < -0.4 is 0 Å². The fraction of sp³-hybridized carbons (Fsp3) is 0.0667. The molecule has 0 amide bonds. The minimum Gasteiger partial charge on any atom is -0.292 e. The van der Waals surface area contributed by atoms with Gasteiger partial charge in [-0.15, -0.1) is 0 Å². The van der Waals surface area contributed by atoms with Crippen LogP contribution in [0.4, 0.5) is 0 Å². The average Bonchev–Trinajstić information content (AvgIpc) is 2.42. The summed E-state index contributed by atoms with van der Waals surface area (Å²) >= 11 is 12.6. The second kappa shape index (κ2) is 6.53. The second-order valence-corrected chi connectivity index (χ2v) is 6.31. The molecule has 2 nitrogen and oxygen atoms in total. The lowest BCUT2D eigenvalue weighted by molar-refractivity contribution is 0.0978. The molecular weight excluding hydrogens is 405 g/mol. The first-order valence-electron chi connectivity index (χ1n) is 5.67. The molecule has 100 valence electrons. The quantitative estimate of drug-likeness (QED) is 0.636. The van der Waals surface area contributed by atoms with Crippen molar-refractivity contribution < 1.29 is 4.79 Å². The summed E-state index contributed by atoms with van der Waals surface area (Å²) in [5, 5.41) is 9.79. The fourth-order valence-corrected chi connectivity index (χ4v) is 2.84. The first-order valence-corrected chi connectivity index (χ1v) is 7.63. The molecule has 0 aliphatic heterocycles. The van der Waals surface area contributed by atoms with Crippen LogP contribution in [-0.2, 0) is 0 Å². The van der Waals surface area contributed by atoms with Crippen molar-refractivity contribution >= 4 is 49.2 Å². The largest absolute Gasteiger partial charge is 0.292 e. The topological polar surface area (TPSA) is 40.9 Å². The van der Waals surface area contributed by atoms with Gasteiger partial charge in [0.1, 0.15) is 5.92 Å². The van der Waals surface area contributed by atoms with Crippen LogP contribution in [0.1, 0.15) is 21.8 Å². The summed E-state index contributed by atoms with van der Waals surface area (Å²) in [6.07, 6.45) is 0. The van der Waals surface area contributed by atoms with E-state index < -0.39 is 5.92 Å². The summed E-state index contributed by atoms with van der Waals surface area (Å²) < 4.78 is 1.45. The Bertz CT molecular complexity index is 709. The van der Waals surface area contributed by atoms with E-state index in [9.17, 15) is 10.1 Å². The molecule has 0 saturated heterocycles. The SMILES string of the molecule is N#CC(C(=O)c1cc(Cl)ccc1Br)c1cccc(Br)c1. The number of ketones is 1. The normalized spacial score (nSPS) is 11.7. The predicted octanol–water partition coefficient (Wildman–Crippen LogP) is 5.36. The molecule has 0 fully saturated rings. The highest BCUT2D eigenvalue weighted by atomic mass is 79.9. The van der Waals surface area contributed by atoms with Gasteiger partial charge < -0.3 is 0 Å². The Labute approximate surface area is 138 Å². The average molecular weight is 413 g/mol. The molecule has 2 aromatic carbocycles. The van der Waals surface area contributed by atoms with Crippen LogP contribution in [0.25, 0.3) is 0 Å². The fourth-order valence-electron chi connectivity index (χ4n) is 1.81. The molecule has 0 bridgehead atoms. The van der Waals surface area contributed by atoms with Gasteiger partial charge in [-0.05, 0) is 35.9 Å². The summed E-state index contributed by atoms with van der Waals surface area (Å²) in [5.74, 6) is -1.14. The zero-order chi connectivity index (χ0) is 14.7. The van der Waals surface area contributed by atoms with E-state index in [1.807, 2.05) is 6.07 Å². The molecule has 0 spiro atoms. The first kappa shape index (κ1) is 15.2. The van der Waals surface area contributed by atoms with E-state index in [1.54, 1.807) is 36.4 Å². The second-order valence-electron chi connectivity index (χ2n) is 4.11. The maximum absolute atomic E-state index is 12.5. The summed E-state index contributed by atoms with van der Waals surface area (Å²) in [6, 6.07) is 14.2. The van der Waals surface area contributed by atoms with Crippen molar-refractivity contribution in [2.75, 3.05) is 0 Å². The van der Waals surface area contributed by atoms with Crippen LogP contribution in [0.3, 0.4) is 0 Å². The van der Waals surface area contributed by atoms with Crippen LogP contribution >= 0.6 is 43.5 Å². The summed E-state index contributed by atoms with van der Waals surface area (Å²) in [7, 11) is 0. The van der Waals surface area contributed by atoms with Gasteiger partial charge in [-0.25, -0.2) is 0 Å². The zero-order valence-corrected chi connectivity index (χ0v) is 14.0. The van der Waals surface area contributed by atoms with Crippen molar-refractivity contribution in [1.29, 1.82) is 5.26 Å². The van der Waals surface area contributed by atoms with Gasteiger partial charge in [0.25, 0.3) is 0 Å². The number of benzene rings is 2. The standard InChI is InChI=1S/C15H8Br2ClNO/c16-10-3-1-2-9(6-10)13(8-19)15(20)12-7-11(18)4-5-14(12)17/h1-7,13H. The van der Waals surface area contributed by atoms with Gasteiger partial charge in [0.15, 0.2) is 5.78 Å². The third-order valence-corrected chi connectivity index (χ3v) is 4.19. The molecule has 0 heterocycles. The third kappa shape index (κ3) is 3.29. The Morgan fingerprint density at radius 2 is 1.95 bits per heavy atom. The van der Waals surface area contributed by atoms with Gasteiger partial charge in [-0.2, -0.15) is 5.26 Å². The molecule has 0 saturated carbocycles. The van der Waals surface area contributed by atoms with Crippen LogP contribution in [-0.4, -0.2) is 5.78 Å². The van der Waals surface area contributed by atoms with E-state index in [0.29, 0.717) is 20.6 Å². The maximum atomic E-state index is 12.5. The molecule has 0 aliphatic rings. The molecular formula is C15H8Br2ClNO. The highest BCUT2D eigenvalue weighted by Gasteiger charge is 2.23.